The summed E-state index contributed by atoms with van der Waals surface area (Å²) in [5, 5.41) is 2.89. The lowest BCUT2D eigenvalue weighted by Crippen LogP contribution is -2.24. The van der Waals surface area contributed by atoms with Crippen molar-refractivity contribution in [2.45, 2.75) is 32.7 Å². The number of hydrogen-bond donors (Lipinski definition) is 1. The maximum atomic E-state index is 12.1. The van der Waals surface area contributed by atoms with Crippen molar-refractivity contribution in [3.05, 3.63) is 52.0 Å². The van der Waals surface area contributed by atoms with Gasteiger partial charge in [0, 0.05) is 6.54 Å². The summed E-state index contributed by atoms with van der Waals surface area (Å²) in [6.45, 7) is 5.04. The smallest absolute Gasteiger partial charge is 0.223 e. The molecular formula is C21H26BrNO4. The van der Waals surface area contributed by atoms with Gasteiger partial charge in [-0.1, -0.05) is 26.0 Å². The largest absolute Gasteiger partial charge is 0.493 e. The van der Waals surface area contributed by atoms with Crippen LogP contribution in [0.2, 0.25) is 0 Å². The topological polar surface area (TPSA) is 56.8 Å². The van der Waals surface area contributed by atoms with Crippen molar-refractivity contribution in [3.63, 3.8) is 0 Å². The number of benzene rings is 2. The van der Waals surface area contributed by atoms with Crippen LogP contribution in [0.3, 0.4) is 0 Å². The Kier molecular flexibility index (Phi) is 7.98. The fourth-order valence-corrected chi connectivity index (χ4v) is 3.22. The van der Waals surface area contributed by atoms with Crippen molar-refractivity contribution in [2.24, 2.45) is 0 Å². The maximum absolute atomic E-state index is 12.1. The van der Waals surface area contributed by atoms with E-state index in [1.54, 1.807) is 14.2 Å². The third-order valence-electron chi connectivity index (χ3n) is 4.13. The maximum Gasteiger partial charge on any atom is 0.223 e. The van der Waals surface area contributed by atoms with Crippen LogP contribution >= 0.6 is 15.9 Å². The molecule has 0 aliphatic carbocycles. The Morgan fingerprint density at radius 3 is 2.41 bits per heavy atom. The van der Waals surface area contributed by atoms with Crippen molar-refractivity contribution < 1.29 is 19.0 Å². The zero-order valence-corrected chi connectivity index (χ0v) is 17.8. The quantitative estimate of drug-likeness (QED) is 0.621. The lowest BCUT2D eigenvalue weighted by Gasteiger charge is -2.13. The van der Waals surface area contributed by atoms with E-state index in [4.69, 9.17) is 14.2 Å². The molecule has 6 heteroatoms. The molecule has 0 aliphatic rings. The molecule has 0 saturated heterocycles. The first-order valence-corrected chi connectivity index (χ1v) is 9.63. The van der Waals surface area contributed by atoms with Gasteiger partial charge in [0.2, 0.25) is 5.91 Å². The second-order valence-corrected chi connectivity index (χ2v) is 7.27. The lowest BCUT2D eigenvalue weighted by molar-refractivity contribution is -0.121. The predicted octanol–water partition coefficient (Wildman–Crippen LogP) is 4.68. The Balaban J connectivity index is 1.80. The van der Waals surface area contributed by atoms with Crippen molar-refractivity contribution in [1.29, 1.82) is 0 Å². The molecule has 0 saturated carbocycles. The van der Waals surface area contributed by atoms with Gasteiger partial charge in [0.05, 0.1) is 31.7 Å². The second-order valence-electron chi connectivity index (χ2n) is 6.41. The number of rotatable bonds is 9. The number of hydrogen-bond acceptors (Lipinski definition) is 4. The molecule has 0 heterocycles. The minimum atomic E-state index is -0.0697. The molecular weight excluding hydrogens is 410 g/mol. The van der Waals surface area contributed by atoms with Crippen LogP contribution in [-0.4, -0.2) is 26.7 Å². The summed E-state index contributed by atoms with van der Waals surface area (Å²) >= 11 is 3.45. The van der Waals surface area contributed by atoms with Gasteiger partial charge in [-0.3, -0.25) is 4.79 Å². The number of carbonyl (C=O) groups is 1. The lowest BCUT2D eigenvalue weighted by atomic mass is 10.0. The first kappa shape index (κ1) is 21.1. The normalized spacial score (nSPS) is 10.6. The number of ether oxygens (including phenoxy) is 3. The van der Waals surface area contributed by atoms with Crippen LogP contribution in [0.4, 0.5) is 0 Å². The Morgan fingerprint density at radius 1 is 1.11 bits per heavy atom. The van der Waals surface area contributed by atoms with Crippen LogP contribution in [0.25, 0.3) is 0 Å². The van der Waals surface area contributed by atoms with E-state index in [1.165, 1.54) is 5.56 Å². The van der Waals surface area contributed by atoms with E-state index in [-0.39, 0.29) is 5.91 Å². The Bertz CT molecular complexity index is 760. The van der Waals surface area contributed by atoms with Crippen LogP contribution in [0.5, 0.6) is 17.2 Å². The number of halogens is 1. The highest BCUT2D eigenvalue weighted by atomic mass is 79.9. The average Bonchev–Trinajstić information content (AvgIpc) is 2.66. The van der Waals surface area contributed by atoms with Gasteiger partial charge >= 0.3 is 0 Å². The first-order chi connectivity index (χ1) is 12.9. The molecule has 146 valence electrons. The predicted molar refractivity (Wildman–Crippen MR) is 110 cm³/mol. The van der Waals surface area contributed by atoms with Crippen molar-refractivity contribution in [1.82, 2.24) is 5.32 Å². The van der Waals surface area contributed by atoms with Crippen molar-refractivity contribution in [3.8, 4) is 17.2 Å². The molecule has 5 nitrogen and oxygen atoms in total. The minimum Gasteiger partial charge on any atom is -0.493 e. The highest BCUT2D eigenvalue weighted by molar-refractivity contribution is 9.10. The monoisotopic (exact) mass is 435 g/mol. The van der Waals surface area contributed by atoms with E-state index in [0.717, 1.165) is 15.8 Å². The molecule has 27 heavy (non-hydrogen) atoms. The molecule has 2 aromatic rings. The molecule has 1 amide bonds. The van der Waals surface area contributed by atoms with E-state index in [1.807, 2.05) is 24.3 Å². The molecule has 0 radical (unpaired) electrons. The van der Waals surface area contributed by atoms with E-state index < -0.39 is 0 Å². The van der Waals surface area contributed by atoms with E-state index >= 15 is 0 Å². The number of methoxy groups -OCH3 is 2. The second kappa shape index (κ2) is 10.2. The van der Waals surface area contributed by atoms with Gasteiger partial charge in [-0.15, -0.1) is 0 Å². The van der Waals surface area contributed by atoms with Gasteiger partial charge in [0.25, 0.3) is 0 Å². The molecule has 2 aromatic carbocycles. The third-order valence-corrected chi connectivity index (χ3v) is 4.72. The van der Waals surface area contributed by atoms with Gasteiger partial charge in [-0.2, -0.15) is 0 Å². The molecule has 1 N–H and O–H groups in total. The standard InChI is InChI=1S/C21H26BrNO4/c1-14(2)16-5-7-17(8-6-16)27-10-9-20(24)23-13-15-11-18(22)21(26-4)19(12-15)25-3/h5-8,11-12,14H,9-10,13H2,1-4H3,(H,23,24). The zero-order valence-electron chi connectivity index (χ0n) is 16.2. The van der Waals surface area contributed by atoms with Gasteiger partial charge in [-0.25, -0.2) is 0 Å². The van der Waals surface area contributed by atoms with Crippen LogP contribution in [-0.2, 0) is 11.3 Å². The molecule has 0 atom stereocenters. The van der Waals surface area contributed by atoms with E-state index in [0.29, 0.717) is 37.0 Å². The van der Waals surface area contributed by atoms with Gasteiger partial charge in [0.15, 0.2) is 11.5 Å². The molecule has 2 rings (SSSR count). The fourth-order valence-electron chi connectivity index (χ4n) is 2.57. The summed E-state index contributed by atoms with van der Waals surface area (Å²) in [6.07, 6.45) is 0.292. The highest BCUT2D eigenvalue weighted by Crippen LogP contribution is 2.36. The zero-order chi connectivity index (χ0) is 19.8. The minimum absolute atomic E-state index is 0.0697. The number of nitrogens with one attached hydrogen (secondary N) is 1. The molecule has 0 aromatic heterocycles. The molecule has 0 spiro atoms. The van der Waals surface area contributed by atoms with E-state index in [2.05, 4.69) is 47.2 Å². The summed E-state index contributed by atoms with van der Waals surface area (Å²) in [6, 6.07) is 11.7. The molecule has 0 unspecified atom stereocenters. The summed E-state index contributed by atoms with van der Waals surface area (Å²) in [7, 11) is 3.16. The Hall–Kier alpha value is -2.21. The van der Waals surface area contributed by atoms with Gasteiger partial charge in [0.1, 0.15) is 5.75 Å². The number of amides is 1. The summed E-state index contributed by atoms with van der Waals surface area (Å²) in [4.78, 5) is 12.1. The molecule has 0 aliphatic heterocycles. The van der Waals surface area contributed by atoms with Crippen LogP contribution in [0.1, 0.15) is 37.3 Å². The Morgan fingerprint density at radius 2 is 1.81 bits per heavy atom. The van der Waals surface area contributed by atoms with Gasteiger partial charge in [-0.05, 0) is 57.2 Å². The van der Waals surface area contributed by atoms with Crippen LogP contribution < -0.4 is 19.5 Å². The summed E-state index contributed by atoms with van der Waals surface area (Å²) < 4.78 is 17.0. The van der Waals surface area contributed by atoms with Gasteiger partial charge < -0.3 is 19.5 Å². The van der Waals surface area contributed by atoms with E-state index in [9.17, 15) is 4.79 Å². The number of carbonyl (C=O) groups excluding carboxylic acids is 1. The van der Waals surface area contributed by atoms with Crippen molar-refractivity contribution in [2.75, 3.05) is 20.8 Å². The third kappa shape index (κ3) is 6.17. The fraction of sp³-hybridized carbons (Fsp3) is 0.381. The van der Waals surface area contributed by atoms with Crippen LogP contribution in [0, 0.1) is 0 Å². The molecule has 0 fully saturated rings. The first-order valence-electron chi connectivity index (χ1n) is 8.84. The van der Waals surface area contributed by atoms with Crippen molar-refractivity contribution >= 4 is 21.8 Å². The molecule has 0 bridgehead atoms. The van der Waals surface area contributed by atoms with Crippen LogP contribution in [0.15, 0.2) is 40.9 Å². The SMILES string of the molecule is COc1cc(CNC(=O)CCOc2ccc(C(C)C)cc2)cc(Br)c1OC. The highest BCUT2D eigenvalue weighted by Gasteiger charge is 2.11. The Labute approximate surface area is 169 Å². The summed E-state index contributed by atoms with van der Waals surface area (Å²) in [5.41, 5.74) is 2.18. The summed E-state index contributed by atoms with van der Waals surface area (Å²) in [5.74, 6) is 2.44. The average molecular weight is 436 g/mol.